The molecule has 0 aliphatic rings. The number of halogens is 1. The fraction of sp³-hybridized carbons (Fsp3) is 0.200. The van der Waals surface area contributed by atoms with Crippen molar-refractivity contribution in [2.24, 2.45) is 5.10 Å². The van der Waals surface area contributed by atoms with Gasteiger partial charge in [0.05, 0.1) is 39.1 Å². The Bertz CT molecular complexity index is 896. The number of methoxy groups -OCH3 is 4. The zero-order chi connectivity index (χ0) is 20.5. The van der Waals surface area contributed by atoms with Gasteiger partial charge in [0.2, 0.25) is 5.75 Å². The van der Waals surface area contributed by atoms with Crippen molar-refractivity contribution in [1.29, 1.82) is 0 Å². The molecular formula is C20H21BrN2O5. The fourth-order valence-electron chi connectivity index (χ4n) is 2.36. The van der Waals surface area contributed by atoms with Crippen LogP contribution in [0.5, 0.6) is 23.0 Å². The van der Waals surface area contributed by atoms with E-state index in [-0.39, 0.29) is 5.91 Å². The molecule has 2 aromatic carbocycles. The number of carbonyl (C=O) groups excluding carboxylic acids is 1. The molecule has 0 saturated heterocycles. The highest BCUT2D eigenvalue weighted by atomic mass is 79.9. The van der Waals surface area contributed by atoms with Crippen LogP contribution in [0.1, 0.15) is 11.1 Å². The minimum absolute atomic E-state index is 0.389. The van der Waals surface area contributed by atoms with Crippen molar-refractivity contribution in [3.63, 3.8) is 0 Å². The maximum atomic E-state index is 12.0. The van der Waals surface area contributed by atoms with E-state index in [2.05, 4.69) is 26.5 Å². The van der Waals surface area contributed by atoms with E-state index >= 15 is 0 Å². The summed E-state index contributed by atoms with van der Waals surface area (Å²) in [5.41, 5.74) is 3.92. The fourth-order valence-corrected chi connectivity index (χ4v) is 2.94. The highest BCUT2D eigenvalue weighted by molar-refractivity contribution is 9.10. The third kappa shape index (κ3) is 5.26. The zero-order valence-corrected chi connectivity index (χ0v) is 17.6. The van der Waals surface area contributed by atoms with Gasteiger partial charge >= 0.3 is 0 Å². The summed E-state index contributed by atoms with van der Waals surface area (Å²) in [5, 5.41) is 3.93. The number of hydrogen-bond donors (Lipinski definition) is 1. The lowest BCUT2D eigenvalue weighted by molar-refractivity contribution is -0.116. The summed E-state index contributed by atoms with van der Waals surface area (Å²) in [7, 11) is 6.16. The van der Waals surface area contributed by atoms with Crippen LogP contribution in [0.2, 0.25) is 0 Å². The lowest BCUT2D eigenvalue weighted by atomic mass is 10.1. The van der Waals surface area contributed by atoms with Gasteiger partial charge in [-0.2, -0.15) is 5.10 Å². The Morgan fingerprint density at radius 3 is 2.43 bits per heavy atom. The standard InChI is InChI=1S/C20H21BrN2O5/c1-25-15-7-5-6-13(10-15)12-22-23-17(24)9-8-14-11-16(26-2)19(27-3)20(28-4)18(14)21/h5-12H,1-4H3,(H,23,24)/b9-8+,22-12+. The van der Waals surface area contributed by atoms with Gasteiger partial charge in [0.1, 0.15) is 5.75 Å². The van der Waals surface area contributed by atoms with Gasteiger partial charge in [-0.25, -0.2) is 5.43 Å². The summed E-state index contributed by atoms with van der Waals surface area (Å²) in [5.74, 6) is 1.74. The Kier molecular flexibility index (Phi) is 7.88. The molecule has 8 heteroatoms. The van der Waals surface area contributed by atoms with Crippen LogP contribution in [0.15, 0.2) is 46.0 Å². The van der Waals surface area contributed by atoms with Crippen LogP contribution in [0.4, 0.5) is 0 Å². The first kappa shape index (κ1) is 21.3. The van der Waals surface area contributed by atoms with E-state index in [1.807, 2.05) is 18.2 Å². The van der Waals surface area contributed by atoms with Crippen molar-refractivity contribution < 1.29 is 23.7 Å². The number of carbonyl (C=O) groups is 1. The monoisotopic (exact) mass is 448 g/mol. The molecule has 0 atom stereocenters. The number of amides is 1. The second-order valence-electron chi connectivity index (χ2n) is 5.39. The molecule has 0 heterocycles. The highest BCUT2D eigenvalue weighted by Crippen LogP contribution is 2.45. The van der Waals surface area contributed by atoms with Crippen LogP contribution in [-0.2, 0) is 4.79 Å². The van der Waals surface area contributed by atoms with Crippen molar-refractivity contribution in [2.75, 3.05) is 28.4 Å². The Labute approximate surface area is 172 Å². The van der Waals surface area contributed by atoms with Crippen LogP contribution in [0.3, 0.4) is 0 Å². The number of rotatable bonds is 8. The average Bonchev–Trinajstić information content (AvgIpc) is 2.72. The largest absolute Gasteiger partial charge is 0.497 e. The van der Waals surface area contributed by atoms with Crippen molar-refractivity contribution in [2.45, 2.75) is 0 Å². The molecule has 7 nitrogen and oxygen atoms in total. The molecule has 1 N–H and O–H groups in total. The summed E-state index contributed by atoms with van der Waals surface area (Å²) < 4.78 is 21.8. The van der Waals surface area contributed by atoms with E-state index in [1.165, 1.54) is 33.6 Å². The third-order valence-electron chi connectivity index (χ3n) is 3.69. The molecule has 0 aliphatic carbocycles. The van der Waals surface area contributed by atoms with Crippen LogP contribution in [-0.4, -0.2) is 40.6 Å². The first-order valence-corrected chi connectivity index (χ1v) is 8.97. The maximum absolute atomic E-state index is 12.0. The van der Waals surface area contributed by atoms with Gasteiger partial charge in [0, 0.05) is 6.08 Å². The molecule has 0 fully saturated rings. The second-order valence-corrected chi connectivity index (χ2v) is 6.19. The van der Waals surface area contributed by atoms with Gasteiger partial charge in [0.25, 0.3) is 5.91 Å². The quantitative estimate of drug-likeness (QED) is 0.378. The van der Waals surface area contributed by atoms with E-state index in [4.69, 9.17) is 18.9 Å². The van der Waals surface area contributed by atoms with Crippen molar-refractivity contribution in [1.82, 2.24) is 5.43 Å². The summed E-state index contributed by atoms with van der Waals surface area (Å²) in [6.45, 7) is 0. The molecule has 0 radical (unpaired) electrons. The Hall–Kier alpha value is -3.00. The molecule has 28 heavy (non-hydrogen) atoms. The number of nitrogens with one attached hydrogen (secondary N) is 1. The Morgan fingerprint density at radius 2 is 1.79 bits per heavy atom. The van der Waals surface area contributed by atoms with Crippen molar-refractivity contribution >= 4 is 34.1 Å². The van der Waals surface area contributed by atoms with Crippen molar-refractivity contribution in [3.8, 4) is 23.0 Å². The lowest BCUT2D eigenvalue weighted by Gasteiger charge is -2.15. The predicted molar refractivity (Wildman–Crippen MR) is 112 cm³/mol. The zero-order valence-electron chi connectivity index (χ0n) is 16.0. The molecule has 2 rings (SSSR count). The minimum Gasteiger partial charge on any atom is -0.497 e. The summed E-state index contributed by atoms with van der Waals surface area (Å²) in [4.78, 5) is 12.0. The molecule has 0 unspecified atom stereocenters. The van der Waals surface area contributed by atoms with Crippen LogP contribution in [0, 0.1) is 0 Å². The molecule has 1 amide bonds. The number of nitrogens with zero attached hydrogens (tertiary/aromatic N) is 1. The van der Waals surface area contributed by atoms with Gasteiger partial charge in [-0.05, 0) is 51.3 Å². The molecule has 0 aliphatic heterocycles. The molecule has 2 aromatic rings. The van der Waals surface area contributed by atoms with E-state index < -0.39 is 0 Å². The van der Waals surface area contributed by atoms with Gasteiger partial charge in [0.15, 0.2) is 11.5 Å². The second kappa shape index (κ2) is 10.4. The minimum atomic E-state index is -0.389. The smallest absolute Gasteiger partial charge is 0.264 e. The first-order chi connectivity index (χ1) is 13.5. The molecule has 0 bridgehead atoms. The summed E-state index contributed by atoms with van der Waals surface area (Å²) >= 11 is 3.46. The lowest BCUT2D eigenvalue weighted by Crippen LogP contribution is -2.14. The molecule has 148 valence electrons. The summed E-state index contributed by atoms with van der Waals surface area (Å²) in [6.07, 6.45) is 4.50. The third-order valence-corrected chi connectivity index (χ3v) is 4.51. The molecule has 0 aromatic heterocycles. The van der Waals surface area contributed by atoms with Gasteiger partial charge < -0.3 is 18.9 Å². The molecular weight excluding hydrogens is 428 g/mol. The SMILES string of the molecule is COc1cccc(/C=N/NC(=O)/C=C/c2cc(OC)c(OC)c(OC)c2Br)c1. The van der Waals surface area contributed by atoms with Crippen LogP contribution < -0.4 is 24.4 Å². The topological polar surface area (TPSA) is 78.4 Å². The van der Waals surface area contributed by atoms with E-state index in [9.17, 15) is 4.79 Å². The number of hydrazone groups is 1. The van der Waals surface area contributed by atoms with Gasteiger partial charge in [-0.15, -0.1) is 0 Å². The number of benzene rings is 2. The number of ether oxygens (including phenoxy) is 4. The predicted octanol–water partition coefficient (Wildman–Crippen LogP) is 3.65. The highest BCUT2D eigenvalue weighted by Gasteiger charge is 2.17. The Balaban J connectivity index is 2.12. The van der Waals surface area contributed by atoms with Gasteiger partial charge in [-0.1, -0.05) is 12.1 Å². The van der Waals surface area contributed by atoms with Crippen LogP contribution >= 0.6 is 15.9 Å². The average molecular weight is 449 g/mol. The number of hydrogen-bond acceptors (Lipinski definition) is 6. The van der Waals surface area contributed by atoms with E-state index in [0.29, 0.717) is 33.0 Å². The van der Waals surface area contributed by atoms with E-state index in [1.54, 1.807) is 25.3 Å². The molecule has 0 saturated carbocycles. The van der Waals surface area contributed by atoms with Crippen LogP contribution in [0.25, 0.3) is 6.08 Å². The van der Waals surface area contributed by atoms with E-state index in [0.717, 1.165) is 5.56 Å². The Morgan fingerprint density at radius 1 is 1.04 bits per heavy atom. The maximum Gasteiger partial charge on any atom is 0.264 e. The summed E-state index contributed by atoms with van der Waals surface area (Å²) in [6, 6.07) is 9.05. The first-order valence-electron chi connectivity index (χ1n) is 8.17. The van der Waals surface area contributed by atoms with Gasteiger partial charge in [-0.3, -0.25) is 4.79 Å². The van der Waals surface area contributed by atoms with Crippen molar-refractivity contribution in [3.05, 3.63) is 52.0 Å². The molecule has 0 spiro atoms. The normalized spacial score (nSPS) is 10.9.